The van der Waals surface area contributed by atoms with Crippen molar-refractivity contribution in [2.24, 2.45) is 0 Å². The van der Waals surface area contributed by atoms with Gasteiger partial charge in [-0.2, -0.15) is 5.10 Å². The number of aromatic amines is 1. The predicted molar refractivity (Wildman–Crippen MR) is 57.3 cm³/mol. The number of rotatable bonds is 2. The van der Waals surface area contributed by atoms with E-state index in [9.17, 15) is 4.79 Å². The first-order valence-corrected chi connectivity index (χ1v) is 4.88. The molecule has 0 aliphatic rings. The fourth-order valence-corrected chi connectivity index (χ4v) is 1.58. The van der Waals surface area contributed by atoms with Gasteiger partial charge in [0.05, 0.1) is 10.9 Å². The van der Waals surface area contributed by atoms with Crippen LogP contribution in [0.2, 0.25) is 0 Å². The van der Waals surface area contributed by atoms with Gasteiger partial charge < -0.3 is 5.11 Å². The van der Waals surface area contributed by atoms with Gasteiger partial charge in [0, 0.05) is 5.39 Å². The molecule has 78 valence electrons. The van der Waals surface area contributed by atoms with Gasteiger partial charge in [0.1, 0.15) is 0 Å². The average molecular weight is 225 g/mol. The highest BCUT2D eigenvalue weighted by atomic mass is 35.5. The summed E-state index contributed by atoms with van der Waals surface area (Å²) in [5.74, 6) is -1.03. The lowest BCUT2D eigenvalue weighted by Crippen LogP contribution is -1.96. The molecule has 0 spiro atoms. The Morgan fingerprint density at radius 3 is 2.93 bits per heavy atom. The number of hydrogen-bond acceptors (Lipinski definition) is 2. The Balaban J connectivity index is 2.61. The highest BCUT2D eigenvalue weighted by Gasteiger charge is 2.13. The molecule has 1 aromatic heterocycles. The molecule has 2 aromatic rings. The molecule has 0 fully saturated rings. The number of fused-ring (bicyclic) bond motifs is 1. The standard InChI is InChI=1S/C10H9ClN2O2/c1-5(11)6-2-3-7-8(4-6)12-13-9(7)10(14)15/h2-5H,1H3,(H,12,13)(H,14,15). The molecular weight excluding hydrogens is 216 g/mol. The monoisotopic (exact) mass is 224 g/mol. The van der Waals surface area contributed by atoms with E-state index in [0.29, 0.717) is 10.9 Å². The van der Waals surface area contributed by atoms with Crippen LogP contribution in [0.5, 0.6) is 0 Å². The zero-order valence-corrected chi connectivity index (χ0v) is 8.75. The van der Waals surface area contributed by atoms with E-state index in [4.69, 9.17) is 16.7 Å². The minimum Gasteiger partial charge on any atom is -0.476 e. The third kappa shape index (κ3) is 1.68. The molecule has 2 N–H and O–H groups in total. The summed E-state index contributed by atoms with van der Waals surface area (Å²) in [6.45, 7) is 1.86. The minimum absolute atomic E-state index is 0.0405. The lowest BCUT2D eigenvalue weighted by atomic mass is 10.1. The molecule has 0 amide bonds. The quantitative estimate of drug-likeness (QED) is 0.771. The van der Waals surface area contributed by atoms with Gasteiger partial charge in [0.15, 0.2) is 5.69 Å². The van der Waals surface area contributed by atoms with E-state index in [2.05, 4.69) is 10.2 Å². The van der Waals surface area contributed by atoms with Crippen molar-refractivity contribution in [2.45, 2.75) is 12.3 Å². The number of halogens is 1. The van der Waals surface area contributed by atoms with Crippen LogP contribution >= 0.6 is 11.6 Å². The first-order valence-electron chi connectivity index (χ1n) is 4.45. The molecule has 1 unspecified atom stereocenters. The largest absolute Gasteiger partial charge is 0.476 e. The molecule has 0 saturated heterocycles. The van der Waals surface area contributed by atoms with Crippen molar-refractivity contribution in [2.75, 3.05) is 0 Å². The second kappa shape index (κ2) is 3.55. The fraction of sp³-hybridized carbons (Fsp3) is 0.200. The number of carboxylic acid groups (broad SMARTS) is 1. The molecule has 5 heteroatoms. The lowest BCUT2D eigenvalue weighted by molar-refractivity contribution is 0.0692. The number of nitrogens with zero attached hydrogens (tertiary/aromatic N) is 1. The number of carboxylic acids is 1. The van der Waals surface area contributed by atoms with Gasteiger partial charge in [-0.1, -0.05) is 6.07 Å². The average Bonchev–Trinajstić information content (AvgIpc) is 2.59. The van der Waals surface area contributed by atoms with Crippen molar-refractivity contribution >= 4 is 28.5 Å². The van der Waals surface area contributed by atoms with E-state index in [-0.39, 0.29) is 11.1 Å². The Morgan fingerprint density at radius 1 is 1.60 bits per heavy atom. The molecule has 1 aromatic carbocycles. The first kappa shape index (κ1) is 9.98. The third-order valence-corrected chi connectivity index (χ3v) is 2.50. The number of aromatic carboxylic acids is 1. The summed E-state index contributed by atoms with van der Waals surface area (Å²) in [6.07, 6.45) is 0. The molecule has 0 bridgehead atoms. The van der Waals surface area contributed by atoms with E-state index in [1.807, 2.05) is 19.1 Å². The second-order valence-electron chi connectivity index (χ2n) is 3.30. The van der Waals surface area contributed by atoms with Crippen LogP contribution in [0.1, 0.15) is 28.4 Å². The highest BCUT2D eigenvalue weighted by Crippen LogP contribution is 2.24. The Labute approximate surface area is 90.9 Å². The van der Waals surface area contributed by atoms with Crippen LogP contribution in [0.4, 0.5) is 0 Å². The van der Waals surface area contributed by atoms with Gasteiger partial charge in [-0.3, -0.25) is 5.10 Å². The number of carbonyl (C=O) groups is 1. The number of hydrogen-bond donors (Lipinski definition) is 2. The first-order chi connectivity index (χ1) is 7.09. The third-order valence-electron chi connectivity index (χ3n) is 2.25. The normalized spacial score (nSPS) is 12.9. The van der Waals surface area contributed by atoms with E-state index in [1.165, 1.54) is 0 Å². The van der Waals surface area contributed by atoms with Crippen molar-refractivity contribution in [1.82, 2.24) is 10.2 Å². The van der Waals surface area contributed by atoms with Crippen LogP contribution < -0.4 is 0 Å². The molecule has 4 nitrogen and oxygen atoms in total. The van der Waals surface area contributed by atoms with Crippen LogP contribution in [0.3, 0.4) is 0 Å². The van der Waals surface area contributed by atoms with Gasteiger partial charge in [0.2, 0.25) is 0 Å². The second-order valence-corrected chi connectivity index (χ2v) is 3.95. The Bertz CT molecular complexity index is 519. The lowest BCUT2D eigenvalue weighted by Gasteiger charge is -2.02. The zero-order chi connectivity index (χ0) is 11.0. The summed E-state index contributed by atoms with van der Waals surface area (Å²) >= 11 is 5.92. The molecule has 15 heavy (non-hydrogen) atoms. The molecule has 1 atom stereocenters. The van der Waals surface area contributed by atoms with E-state index in [1.54, 1.807) is 6.07 Å². The Morgan fingerprint density at radius 2 is 2.33 bits per heavy atom. The summed E-state index contributed by atoms with van der Waals surface area (Å²) in [4.78, 5) is 10.8. The number of benzene rings is 1. The van der Waals surface area contributed by atoms with E-state index in [0.717, 1.165) is 5.56 Å². The maximum atomic E-state index is 10.8. The van der Waals surface area contributed by atoms with Gasteiger partial charge in [0.25, 0.3) is 0 Å². The smallest absolute Gasteiger partial charge is 0.357 e. The van der Waals surface area contributed by atoms with Crippen molar-refractivity contribution in [3.63, 3.8) is 0 Å². The SMILES string of the molecule is CC(Cl)c1ccc2c(C(=O)O)n[nH]c2c1. The topological polar surface area (TPSA) is 66.0 Å². The fourth-order valence-electron chi connectivity index (χ4n) is 1.45. The summed E-state index contributed by atoms with van der Waals surface area (Å²) < 4.78 is 0. The zero-order valence-electron chi connectivity index (χ0n) is 7.99. The van der Waals surface area contributed by atoms with Gasteiger partial charge in [-0.15, -0.1) is 11.6 Å². The predicted octanol–water partition coefficient (Wildman–Crippen LogP) is 2.56. The van der Waals surface area contributed by atoms with E-state index < -0.39 is 5.97 Å². The number of alkyl halides is 1. The summed E-state index contributed by atoms with van der Waals surface area (Å²) in [5.41, 5.74) is 1.67. The maximum absolute atomic E-state index is 10.8. The van der Waals surface area contributed by atoms with Gasteiger partial charge >= 0.3 is 5.97 Å². The number of H-pyrrole nitrogens is 1. The van der Waals surface area contributed by atoms with Crippen LogP contribution in [-0.4, -0.2) is 21.3 Å². The van der Waals surface area contributed by atoms with Crippen LogP contribution in [0, 0.1) is 0 Å². The summed E-state index contributed by atoms with van der Waals surface area (Å²) in [7, 11) is 0. The highest BCUT2D eigenvalue weighted by molar-refractivity contribution is 6.20. The van der Waals surface area contributed by atoms with Gasteiger partial charge in [-0.05, 0) is 24.6 Å². The number of nitrogens with one attached hydrogen (secondary N) is 1. The van der Waals surface area contributed by atoms with Crippen LogP contribution in [-0.2, 0) is 0 Å². The molecule has 2 rings (SSSR count). The summed E-state index contributed by atoms with van der Waals surface area (Å²) in [6, 6.07) is 5.34. The van der Waals surface area contributed by atoms with Crippen LogP contribution in [0.25, 0.3) is 10.9 Å². The molecule has 0 saturated carbocycles. The molecule has 1 heterocycles. The molecule has 0 radical (unpaired) electrons. The van der Waals surface area contributed by atoms with Crippen molar-refractivity contribution in [3.8, 4) is 0 Å². The number of aromatic nitrogens is 2. The van der Waals surface area contributed by atoms with E-state index >= 15 is 0 Å². The van der Waals surface area contributed by atoms with Gasteiger partial charge in [-0.25, -0.2) is 4.79 Å². The molecule has 0 aliphatic carbocycles. The molecular formula is C10H9ClN2O2. The molecule has 0 aliphatic heterocycles. The maximum Gasteiger partial charge on any atom is 0.357 e. The Kier molecular flexibility index (Phi) is 2.36. The van der Waals surface area contributed by atoms with Crippen molar-refractivity contribution < 1.29 is 9.90 Å². The summed E-state index contributed by atoms with van der Waals surface area (Å²) in [5, 5.41) is 15.7. The van der Waals surface area contributed by atoms with Crippen molar-refractivity contribution in [1.29, 1.82) is 0 Å². The van der Waals surface area contributed by atoms with Crippen molar-refractivity contribution in [3.05, 3.63) is 29.5 Å². The minimum atomic E-state index is -1.03. The van der Waals surface area contributed by atoms with Crippen LogP contribution in [0.15, 0.2) is 18.2 Å². The Hall–Kier alpha value is -1.55.